The van der Waals surface area contributed by atoms with Gasteiger partial charge in [0.2, 0.25) is 0 Å². The minimum absolute atomic E-state index is 0.202. The van der Waals surface area contributed by atoms with Crippen LogP contribution in [0.25, 0.3) is 0 Å². The van der Waals surface area contributed by atoms with E-state index in [-0.39, 0.29) is 5.41 Å². The quantitative estimate of drug-likeness (QED) is 0.771. The van der Waals surface area contributed by atoms with Crippen molar-refractivity contribution in [3.63, 3.8) is 0 Å². The summed E-state index contributed by atoms with van der Waals surface area (Å²) < 4.78 is 5.73. The molecule has 1 unspecified atom stereocenters. The van der Waals surface area contributed by atoms with Crippen LogP contribution in [0.5, 0.6) is 5.75 Å². The smallest absolute Gasteiger partial charge is 0.119 e. The van der Waals surface area contributed by atoms with Crippen LogP contribution >= 0.6 is 11.8 Å². The molecule has 0 saturated carbocycles. The molecule has 1 aromatic carbocycles. The average molecular weight is 281 g/mol. The lowest BCUT2D eigenvalue weighted by atomic mass is 9.87. The fourth-order valence-electron chi connectivity index (χ4n) is 1.64. The molecule has 108 valence electrons. The first kappa shape index (κ1) is 16.4. The van der Waals surface area contributed by atoms with E-state index >= 15 is 0 Å². The zero-order valence-corrected chi connectivity index (χ0v) is 13.4. The fourth-order valence-corrected chi connectivity index (χ4v) is 2.58. The molecule has 2 N–H and O–H groups in total. The van der Waals surface area contributed by atoms with Gasteiger partial charge >= 0.3 is 0 Å². The Balaban J connectivity index is 2.23. The molecular weight excluding hydrogens is 254 g/mol. The van der Waals surface area contributed by atoms with Gasteiger partial charge in [-0.2, -0.15) is 11.8 Å². The van der Waals surface area contributed by atoms with Gasteiger partial charge in [0.05, 0.1) is 6.61 Å². The molecule has 0 fully saturated rings. The third kappa shape index (κ3) is 6.88. The van der Waals surface area contributed by atoms with Crippen molar-refractivity contribution in [2.45, 2.75) is 45.6 Å². The van der Waals surface area contributed by atoms with Crippen LogP contribution in [0.2, 0.25) is 0 Å². The summed E-state index contributed by atoms with van der Waals surface area (Å²) in [6.07, 6.45) is 1.07. The predicted octanol–water partition coefficient (Wildman–Crippen LogP) is 3.83. The Morgan fingerprint density at radius 1 is 1.16 bits per heavy atom. The lowest BCUT2D eigenvalue weighted by Gasteiger charge is -2.19. The van der Waals surface area contributed by atoms with E-state index < -0.39 is 0 Å². The van der Waals surface area contributed by atoms with Gasteiger partial charge in [-0.05, 0) is 42.2 Å². The van der Waals surface area contributed by atoms with Gasteiger partial charge in [-0.3, -0.25) is 0 Å². The van der Waals surface area contributed by atoms with Crippen molar-refractivity contribution < 1.29 is 4.74 Å². The van der Waals surface area contributed by atoms with Gasteiger partial charge in [-0.25, -0.2) is 0 Å². The molecule has 0 aliphatic rings. The molecule has 1 aromatic rings. The van der Waals surface area contributed by atoms with Gasteiger partial charge in [0.1, 0.15) is 5.75 Å². The molecule has 0 radical (unpaired) electrons. The first-order chi connectivity index (χ1) is 8.89. The van der Waals surface area contributed by atoms with Crippen LogP contribution in [-0.4, -0.2) is 24.2 Å². The Morgan fingerprint density at radius 3 is 2.32 bits per heavy atom. The largest absolute Gasteiger partial charge is 0.493 e. The molecule has 1 atom stereocenters. The highest BCUT2D eigenvalue weighted by Gasteiger charge is 2.12. The highest BCUT2D eigenvalue weighted by atomic mass is 32.2. The van der Waals surface area contributed by atoms with E-state index in [9.17, 15) is 0 Å². The fraction of sp³-hybridized carbons (Fsp3) is 0.625. The maximum absolute atomic E-state index is 5.73. The van der Waals surface area contributed by atoms with Crippen LogP contribution in [0.15, 0.2) is 24.3 Å². The number of hydrogen-bond acceptors (Lipinski definition) is 3. The number of benzene rings is 1. The van der Waals surface area contributed by atoms with Crippen LogP contribution in [0.4, 0.5) is 0 Å². The Morgan fingerprint density at radius 2 is 1.79 bits per heavy atom. The maximum Gasteiger partial charge on any atom is 0.119 e. The summed E-state index contributed by atoms with van der Waals surface area (Å²) in [6, 6.07) is 8.73. The third-order valence-electron chi connectivity index (χ3n) is 2.93. The van der Waals surface area contributed by atoms with Crippen LogP contribution < -0.4 is 10.5 Å². The molecule has 0 spiro atoms. The molecule has 19 heavy (non-hydrogen) atoms. The van der Waals surface area contributed by atoms with Gasteiger partial charge in [-0.1, -0.05) is 32.9 Å². The third-order valence-corrected chi connectivity index (χ3v) is 3.91. The first-order valence-corrected chi connectivity index (χ1v) is 8.12. The number of thioether (sulfide) groups is 1. The summed E-state index contributed by atoms with van der Waals surface area (Å²) in [5.74, 6) is 3.10. The topological polar surface area (TPSA) is 35.2 Å². The van der Waals surface area contributed by atoms with Gasteiger partial charge in [0, 0.05) is 11.8 Å². The maximum atomic E-state index is 5.73. The number of ether oxygens (including phenoxy) is 1. The van der Waals surface area contributed by atoms with E-state index in [1.807, 2.05) is 18.7 Å². The summed E-state index contributed by atoms with van der Waals surface area (Å²) in [5, 5.41) is 0. The van der Waals surface area contributed by atoms with Gasteiger partial charge < -0.3 is 10.5 Å². The van der Waals surface area contributed by atoms with Gasteiger partial charge in [0.25, 0.3) is 0 Å². The number of hydrogen-bond donors (Lipinski definition) is 1. The standard InChI is InChI=1S/C16H27NOS/c1-13(17)9-11-19-12-10-18-15-7-5-14(6-8-15)16(2,3)4/h5-8,13H,9-12,17H2,1-4H3. The predicted molar refractivity (Wildman–Crippen MR) is 86.2 cm³/mol. The van der Waals surface area contributed by atoms with Crippen molar-refractivity contribution >= 4 is 11.8 Å². The SMILES string of the molecule is CC(N)CCSCCOc1ccc(C(C)(C)C)cc1. The second kappa shape index (κ2) is 7.81. The van der Waals surface area contributed by atoms with Crippen molar-refractivity contribution in [2.75, 3.05) is 18.1 Å². The molecular formula is C16H27NOS. The van der Waals surface area contributed by atoms with Crippen molar-refractivity contribution in [3.05, 3.63) is 29.8 Å². The molecule has 0 aromatic heterocycles. The van der Waals surface area contributed by atoms with Crippen molar-refractivity contribution in [1.29, 1.82) is 0 Å². The zero-order valence-electron chi connectivity index (χ0n) is 12.6. The second-order valence-electron chi connectivity index (χ2n) is 6.00. The Kier molecular flexibility index (Phi) is 6.73. The minimum Gasteiger partial charge on any atom is -0.493 e. The highest BCUT2D eigenvalue weighted by Crippen LogP contribution is 2.24. The molecule has 0 amide bonds. The van der Waals surface area contributed by atoms with E-state index in [1.165, 1.54) is 5.56 Å². The summed E-state index contributed by atoms with van der Waals surface area (Å²) in [7, 11) is 0. The van der Waals surface area contributed by atoms with Gasteiger partial charge in [0.15, 0.2) is 0 Å². The minimum atomic E-state index is 0.202. The van der Waals surface area contributed by atoms with Crippen molar-refractivity contribution in [3.8, 4) is 5.75 Å². The molecule has 3 heteroatoms. The van der Waals surface area contributed by atoms with Crippen LogP contribution in [0.3, 0.4) is 0 Å². The highest BCUT2D eigenvalue weighted by molar-refractivity contribution is 7.99. The van der Waals surface area contributed by atoms with E-state index in [0.29, 0.717) is 6.04 Å². The normalized spacial score (nSPS) is 13.3. The van der Waals surface area contributed by atoms with Crippen molar-refractivity contribution in [2.24, 2.45) is 5.73 Å². The average Bonchev–Trinajstić information content (AvgIpc) is 2.32. The summed E-state index contributed by atoms with van der Waals surface area (Å²) >= 11 is 1.90. The zero-order chi connectivity index (χ0) is 14.3. The Hall–Kier alpha value is -0.670. The van der Waals surface area contributed by atoms with Gasteiger partial charge in [-0.15, -0.1) is 0 Å². The van der Waals surface area contributed by atoms with E-state index in [1.54, 1.807) is 0 Å². The van der Waals surface area contributed by atoms with Crippen LogP contribution in [0, 0.1) is 0 Å². The van der Waals surface area contributed by atoms with Crippen LogP contribution in [-0.2, 0) is 5.41 Å². The number of rotatable bonds is 7. The lowest BCUT2D eigenvalue weighted by molar-refractivity contribution is 0.343. The summed E-state index contributed by atoms with van der Waals surface area (Å²) in [4.78, 5) is 0. The molecule has 0 aliphatic carbocycles. The second-order valence-corrected chi connectivity index (χ2v) is 7.23. The molecule has 1 rings (SSSR count). The first-order valence-electron chi connectivity index (χ1n) is 6.96. The molecule has 0 bridgehead atoms. The van der Waals surface area contributed by atoms with E-state index in [4.69, 9.17) is 10.5 Å². The number of nitrogens with two attached hydrogens (primary N) is 1. The molecule has 0 heterocycles. The Labute approximate surface area is 122 Å². The molecule has 2 nitrogen and oxygen atoms in total. The summed E-state index contributed by atoms with van der Waals surface area (Å²) in [6.45, 7) is 9.47. The summed E-state index contributed by atoms with van der Waals surface area (Å²) in [5.41, 5.74) is 7.24. The van der Waals surface area contributed by atoms with E-state index in [2.05, 4.69) is 45.0 Å². The van der Waals surface area contributed by atoms with E-state index in [0.717, 1.165) is 30.3 Å². The molecule has 0 saturated heterocycles. The monoisotopic (exact) mass is 281 g/mol. The molecule has 0 aliphatic heterocycles. The van der Waals surface area contributed by atoms with Crippen molar-refractivity contribution in [1.82, 2.24) is 0 Å². The Bertz CT molecular complexity index is 354. The lowest BCUT2D eigenvalue weighted by Crippen LogP contribution is -2.15. The van der Waals surface area contributed by atoms with Crippen LogP contribution in [0.1, 0.15) is 39.7 Å².